The van der Waals surface area contributed by atoms with Crippen LogP contribution in [0.5, 0.6) is 0 Å². The van der Waals surface area contributed by atoms with Gasteiger partial charge in [0.1, 0.15) is 0 Å². The Labute approximate surface area is 103 Å². The smallest absolute Gasteiger partial charge is 0.407 e. The summed E-state index contributed by atoms with van der Waals surface area (Å²) in [6.07, 6.45) is -0.529. The summed E-state index contributed by atoms with van der Waals surface area (Å²) in [4.78, 5) is 23.0. The molecule has 0 aliphatic rings. The maximum absolute atomic E-state index is 11.8. The molecular weight excluding hydrogens is 222 g/mol. The van der Waals surface area contributed by atoms with Crippen molar-refractivity contribution in [2.75, 3.05) is 14.2 Å². The van der Waals surface area contributed by atoms with Crippen molar-refractivity contribution in [2.24, 2.45) is 17.8 Å². The van der Waals surface area contributed by atoms with Crippen molar-refractivity contribution in [3.05, 3.63) is 0 Å². The van der Waals surface area contributed by atoms with Crippen LogP contribution >= 0.6 is 0 Å². The Hall–Kier alpha value is -1.26. The monoisotopic (exact) mass is 245 g/mol. The van der Waals surface area contributed by atoms with Crippen molar-refractivity contribution in [3.63, 3.8) is 0 Å². The van der Waals surface area contributed by atoms with Crippen LogP contribution in [0.2, 0.25) is 0 Å². The quantitative estimate of drug-likeness (QED) is 0.750. The SMILES string of the molecule is COC(=O)N[C@@H](C(C)C)[C@H](C(=O)OC)C(C)C. The molecular formula is C12H23NO4. The van der Waals surface area contributed by atoms with Crippen LogP contribution in [0.4, 0.5) is 4.79 Å². The molecule has 1 amide bonds. The summed E-state index contributed by atoms with van der Waals surface area (Å²) >= 11 is 0. The summed E-state index contributed by atoms with van der Waals surface area (Å²) in [5.74, 6) is -0.498. The first-order valence-corrected chi connectivity index (χ1v) is 5.77. The largest absolute Gasteiger partial charge is 0.469 e. The molecule has 100 valence electrons. The van der Waals surface area contributed by atoms with Gasteiger partial charge in [-0.15, -0.1) is 0 Å². The zero-order valence-electron chi connectivity index (χ0n) is 11.4. The molecule has 0 aromatic heterocycles. The second-order valence-electron chi connectivity index (χ2n) is 4.70. The van der Waals surface area contributed by atoms with E-state index >= 15 is 0 Å². The molecule has 0 unspecified atom stereocenters. The Kier molecular flexibility index (Phi) is 6.61. The molecule has 0 fully saturated rings. The molecule has 0 heterocycles. The van der Waals surface area contributed by atoms with Crippen molar-refractivity contribution in [3.8, 4) is 0 Å². The zero-order valence-corrected chi connectivity index (χ0v) is 11.4. The first-order valence-electron chi connectivity index (χ1n) is 5.77. The molecule has 0 aliphatic carbocycles. The predicted octanol–water partition coefficient (Wildman–Crippen LogP) is 1.81. The van der Waals surface area contributed by atoms with Crippen molar-refractivity contribution in [2.45, 2.75) is 33.7 Å². The average molecular weight is 245 g/mol. The predicted molar refractivity (Wildman–Crippen MR) is 64.5 cm³/mol. The highest BCUT2D eigenvalue weighted by atomic mass is 16.5. The number of alkyl carbamates (subject to hydrolysis) is 1. The maximum atomic E-state index is 11.8. The van der Waals surface area contributed by atoms with Gasteiger partial charge in [-0.2, -0.15) is 0 Å². The Bertz CT molecular complexity index is 263. The van der Waals surface area contributed by atoms with Crippen LogP contribution in [-0.4, -0.2) is 32.3 Å². The Morgan fingerprint density at radius 3 is 1.76 bits per heavy atom. The molecule has 1 N–H and O–H groups in total. The van der Waals surface area contributed by atoms with Gasteiger partial charge in [-0.25, -0.2) is 4.79 Å². The van der Waals surface area contributed by atoms with Gasteiger partial charge >= 0.3 is 12.1 Å². The molecule has 5 heteroatoms. The summed E-state index contributed by atoms with van der Waals surface area (Å²) < 4.78 is 9.36. The maximum Gasteiger partial charge on any atom is 0.407 e. The fourth-order valence-corrected chi connectivity index (χ4v) is 1.84. The summed E-state index contributed by atoms with van der Waals surface area (Å²) in [7, 11) is 2.66. The number of esters is 1. The molecule has 0 aliphatic heterocycles. The molecule has 0 radical (unpaired) electrons. The average Bonchev–Trinajstić information content (AvgIpc) is 2.26. The molecule has 0 rings (SSSR count). The van der Waals surface area contributed by atoms with Crippen LogP contribution in [0.3, 0.4) is 0 Å². The molecule has 0 aromatic rings. The number of methoxy groups -OCH3 is 2. The Morgan fingerprint density at radius 1 is 0.941 bits per heavy atom. The number of hydrogen-bond donors (Lipinski definition) is 1. The second-order valence-corrected chi connectivity index (χ2v) is 4.70. The van der Waals surface area contributed by atoms with Crippen LogP contribution in [-0.2, 0) is 14.3 Å². The first-order chi connectivity index (χ1) is 7.84. The highest BCUT2D eigenvalue weighted by Gasteiger charge is 2.35. The highest BCUT2D eigenvalue weighted by Crippen LogP contribution is 2.22. The van der Waals surface area contributed by atoms with E-state index < -0.39 is 6.09 Å². The number of amides is 1. The fourth-order valence-electron chi connectivity index (χ4n) is 1.84. The fraction of sp³-hybridized carbons (Fsp3) is 0.833. The lowest BCUT2D eigenvalue weighted by Gasteiger charge is -2.31. The van der Waals surface area contributed by atoms with Crippen LogP contribution in [0.15, 0.2) is 0 Å². The van der Waals surface area contributed by atoms with Gasteiger partial charge in [0.25, 0.3) is 0 Å². The number of ether oxygens (including phenoxy) is 2. The number of hydrogen-bond acceptors (Lipinski definition) is 4. The molecule has 0 saturated heterocycles. The summed E-state index contributed by atoms with van der Waals surface area (Å²) in [5, 5.41) is 2.70. The molecule has 0 bridgehead atoms. The number of nitrogens with one attached hydrogen (secondary N) is 1. The van der Waals surface area contributed by atoms with Crippen LogP contribution < -0.4 is 5.32 Å². The number of carbonyl (C=O) groups is 2. The van der Waals surface area contributed by atoms with Crippen molar-refractivity contribution in [1.82, 2.24) is 5.32 Å². The van der Waals surface area contributed by atoms with Crippen LogP contribution in [0.1, 0.15) is 27.7 Å². The third-order valence-corrected chi connectivity index (χ3v) is 2.77. The van der Waals surface area contributed by atoms with Crippen molar-refractivity contribution < 1.29 is 19.1 Å². The lowest BCUT2D eigenvalue weighted by Crippen LogP contribution is -2.48. The van der Waals surface area contributed by atoms with E-state index in [1.54, 1.807) is 0 Å². The molecule has 0 aromatic carbocycles. The first kappa shape index (κ1) is 15.7. The highest BCUT2D eigenvalue weighted by molar-refractivity contribution is 5.75. The van der Waals surface area contributed by atoms with E-state index in [1.165, 1.54) is 14.2 Å². The van der Waals surface area contributed by atoms with Crippen molar-refractivity contribution >= 4 is 12.1 Å². The van der Waals surface area contributed by atoms with Gasteiger partial charge < -0.3 is 14.8 Å². The van der Waals surface area contributed by atoms with E-state index in [4.69, 9.17) is 4.74 Å². The number of rotatable bonds is 5. The van der Waals surface area contributed by atoms with E-state index in [2.05, 4.69) is 10.1 Å². The van der Waals surface area contributed by atoms with Gasteiger partial charge in [-0.05, 0) is 11.8 Å². The third-order valence-electron chi connectivity index (χ3n) is 2.77. The lowest BCUT2D eigenvalue weighted by atomic mass is 9.82. The van der Waals surface area contributed by atoms with Gasteiger partial charge in [0.05, 0.1) is 20.1 Å². The van der Waals surface area contributed by atoms with E-state index in [1.807, 2.05) is 27.7 Å². The molecule has 2 atom stereocenters. The third kappa shape index (κ3) is 4.63. The normalized spacial score (nSPS) is 14.4. The summed E-state index contributed by atoms with van der Waals surface area (Å²) in [6, 6.07) is -0.296. The van der Waals surface area contributed by atoms with Gasteiger partial charge in [0, 0.05) is 6.04 Å². The molecule has 17 heavy (non-hydrogen) atoms. The Morgan fingerprint density at radius 2 is 1.47 bits per heavy atom. The van der Waals surface area contributed by atoms with E-state index in [-0.39, 0.29) is 29.8 Å². The number of carbonyl (C=O) groups excluding carboxylic acids is 2. The minimum Gasteiger partial charge on any atom is -0.469 e. The van der Waals surface area contributed by atoms with E-state index in [9.17, 15) is 9.59 Å². The summed E-state index contributed by atoms with van der Waals surface area (Å²) in [5.41, 5.74) is 0. The van der Waals surface area contributed by atoms with Gasteiger partial charge in [-0.3, -0.25) is 4.79 Å². The Balaban J connectivity index is 4.96. The standard InChI is InChI=1S/C12H23NO4/c1-7(2)9(11(14)16-5)10(8(3)4)13-12(15)17-6/h7-10H,1-6H3,(H,13,15)/t9-,10+/m1/s1. The minimum absolute atomic E-state index is 0.0759. The molecule has 0 spiro atoms. The van der Waals surface area contributed by atoms with Crippen LogP contribution in [0, 0.1) is 17.8 Å². The van der Waals surface area contributed by atoms with Gasteiger partial charge in [0.2, 0.25) is 0 Å². The zero-order chi connectivity index (χ0) is 13.6. The second kappa shape index (κ2) is 7.14. The van der Waals surface area contributed by atoms with Gasteiger partial charge in [-0.1, -0.05) is 27.7 Å². The van der Waals surface area contributed by atoms with Crippen LogP contribution in [0.25, 0.3) is 0 Å². The molecule has 0 saturated carbocycles. The topological polar surface area (TPSA) is 64.6 Å². The van der Waals surface area contributed by atoms with E-state index in [0.29, 0.717) is 0 Å². The lowest BCUT2D eigenvalue weighted by molar-refractivity contribution is -0.148. The molecule has 5 nitrogen and oxygen atoms in total. The van der Waals surface area contributed by atoms with Gasteiger partial charge in [0.15, 0.2) is 0 Å². The minimum atomic E-state index is -0.529. The van der Waals surface area contributed by atoms with E-state index in [0.717, 1.165) is 0 Å². The van der Waals surface area contributed by atoms with Crippen molar-refractivity contribution in [1.29, 1.82) is 0 Å². The summed E-state index contributed by atoms with van der Waals surface area (Å²) in [6.45, 7) is 7.74.